The standard InChI is InChI=1S/C65H67NO4/c1-62(2)40-63(3,4)42-64(41-62)56-18-9-8-17-51(56)59-54-39-58(66-35-33-46-15-7-10-19-57(46)66)53(45-22-20-44(21-23-45)43-14-11-12-36-69-37-13-16-43)38-55(54)61-52(60(59)64)32-34-65(70-61,47-24-28-49(67-5)29-25-47)48-26-30-50(68-6)31-27-48/h7-10,15,17-32,34,38-39,43H,11-14,16,33,35-37,40-42H2,1-6H3. The van der Waals surface area contributed by atoms with Crippen LogP contribution in [0.2, 0.25) is 0 Å². The molecule has 3 heterocycles. The van der Waals surface area contributed by atoms with E-state index in [0.29, 0.717) is 5.92 Å². The van der Waals surface area contributed by atoms with Crippen LogP contribution in [0.3, 0.4) is 0 Å². The van der Waals surface area contributed by atoms with E-state index in [9.17, 15) is 0 Å². The zero-order valence-electron chi connectivity index (χ0n) is 42.0. The van der Waals surface area contributed by atoms with Gasteiger partial charge in [0.15, 0.2) is 5.60 Å². The van der Waals surface area contributed by atoms with E-state index in [2.05, 4.69) is 178 Å². The van der Waals surface area contributed by atoms with Crippen LogP contribution in [0.15, 0.2) is 140 Å². The Morgan fingerprint density at radius 1 is 0.614 bits per heavy atom. The second kappa shape index (κ2) is 17.2. The van der Waals surface area contributed by atoms with E-state index >= 15 is 0 Å². The minimum atomic E-state index is -0.952. The highest BCUT2D eigenvalue weighted by Gasteiger charge is 2.55. The molecule has 356 valence electrons. The van der Waals surface area contributed by atoms with Gasteiger partial charge in [-0.2, -0.15) is 0 Å². The second-order valence-corrected chi connectivity index (χ2v) is 22.6. The van der Waals surface area contributed by atoms with Crippen LogP contribution in [0.25, 0.3) is 39.1 Å². The van der Waals surface area contributed by atoms with E-state index in [0.717, 1.165) is 92.0 Å². The molecule has 5 heteroatoms. The van der Waals surface area contributed by atoms with E-state index < -0.39 is 5.60 Å². The maximum absolute atomic E-state index is 8.06. The molecule has 0 bridgehead atoms. The van der Waals surface area contributed by atoms with Gasteiger partial charge in [-0.3, -0.25) is 0 Å². The Balaban J connectivity index is 1.16. The first-order chi connectivity index (χ1) is 34.0. The third-order valence-electron chi connectivity index (χ3n) is 16.7. The molecular weight excluding hydrogens is 859 g/mol. The van der Waals surface area contributed by atoms with Crippen LogP contribution < -0.4 is 19.1 Å². The van der Waals surface area contributed by atoms with Gasteiger partial charge < -0.3 is 23.8 Å². The summed E-state index contributed by atoms with van der Waals surface area (Å²) in [5, 5.41) is 2.39. The summed E-state index contributed by atoms with van der Waals surface area (Å²) in [6.07, 6.45) is 14.9. The second-order valence-electron chi connectivity index (χ2n) is 22.6. The van der Waals surface area contributed by atoms with Gasteiger partial charge in [-0.15, -0.1) is 0 Å². The SMILES string of the molecule is COc1ccc(C2(c3ccc(OC)cc3)C=Cc3c4c(c5cc(N6CCc7ccccc76)c(-c6ccc(C7CCCCOCCC7)cc6)cc5c3O2)-c2ccccc2C42CC(C)(C)CC(C)(C)C2)cc1. The monoisotopic (exact) mass is 926 g/mol. The van der Waals surface area contributed by atoms with Gasteiger partial charge in [-0.05, 0) is 161 Å². The molecule has 1 unspecified atom stereocenters. The molecule has 5 nitrogen and oxygen atoms in total. The topological polar surface area (TPSA) is 40.2 Å². The number of hydrogen-bond acceptors (Lipinski definition) is 5. The fourth-order valence-electron chi connectivity index (χ4n) is 14.4. The van der Waals surface area contributed by atoms with Crippen molar-refractivity contribution in [1.29, 1.82) is 0 Å². The Hall–Kier alpha value is -6.30. The van der Waals surface area contributed by atoms with Crippen LogP contribution in [0, 0.1) is 10.8 Å². The summed E-state index contributed by atoms with van der Waals surface area (Å²) in [5.74, 6) is 3.10. The lowest BCUT2D eigenvalue weighted by atomic mass is 9.52. The van der Waals surface area contributed by atoms with Gasteiger partial charge in [0.05, 0.1) is 14.2 Å². The first-order valence-electron chi connectivity index (χ1n) is 26.0. The zero-order valence-corrected chi connectivity index (χ0v) is 42.0. The van der Waals surface area contributed by atoms with Gasteiger partial charge in [0.2, 0.25) is 0 Å². The number of ether oxygens (including phenoxy) is 4. The van der Waals surface area contributed by atoms with Crippen molar-refractivity contribution in [1.82, 2.24) is 0 Å². The fraction of sp³-hybridized carbons (Fsp3) is 0.354. The molecule has 1 saturated carbocycles. The maximum Gasteiger partial charge on any atom is 0.178 e. The highest BCUT2D eigenvalue weighted by Crippen LogP contribution is 2.67. The van der Waals surface area contributed by atoms with Crippen molar-refractivity contribution in [3.63, 3.8) is 0 Å². The highest BCUT2D eigenvalue weighted by atomic mass is 16.5. The molecule has 0 amide bonds. The number of methoxy groups -OCH3 is 2. The van der Waals surface area contributed by atoms with Gasteiger partial charge >= 0.3 is 0 Å². The van der Waals surface area contributed by atoms with Crippen molar-refractivity contribution in [2.24, 2.45) is 10.8 Å². The number of benzene rings is 7. The summed E-state index contributed by atoms with van der Waals surface area (Å²) in [7, 11) is 3.45. The lowest BCUT2D eigenvalue weighted by molar-refractivity contribution is 0.0642. The van der Waals surface area contributed by atoms with Crippen LogP contribution in [0.4, 0.5) is 11.4 Å². The highest BCUT2D eigenvalue weighted by molar-refractivity contribution is 6.12. The molecule has 0 aromatic heterocycles. The van der Waals surface area contributed by atoms with Crippen molar-refractivity contribution >= 4 is 28.2 Å². The molecule has 12 rings (SSSR count). The maximum atomic E-state index is 8.06. The third kappa shape index (κ3) is 7.45. The number of fused-ring (bicyclic) bond motifs is 11. The minimum absolute atomic E-state index is 0.108. The molecule has 2 fully saturated rings. The van der Waals surface area contributed by atoms with Gasteiger partial charge in [0.1, 0.15) is 17.2 Å². The quantitative estimate of drug-likeness (QED) is 0.159. The van der Waals surface area contributed by atoms with Crippen molar-refractivity contribution in [2.75, 3.05) is 38.9 Å². The molecule has 1 saturated heterocycles. The summed E-state index contributed by atoms with van der Waals surface area (Å²) in [6, 6.07) is 50.0. The summed E-state index contributed by atoms with van der Waals surface area (Å²) in [5.41, 5.74) is 15.8. The molecule has 0 radical (unpaired) electrons. The van der Waals surface area contributed by atoms with Crippen molar-refractivity contribution in [3.05, 3.63) is 178 Å². The summed E-state index contributed by atoms with van der Waals surface area (Å²) in [6.45, 7) is 12.7. The molecule has 1 spiro atoms. The van der Waals surface area contributed by atoms with E-state index in [-0.39, 0.29) is 16.2 Å². The molecule has 70 heavy (non-hydrogen) atoms. The Bertz CT molecular complexity index is 3070. The lowest BCUT2D eigenvalue weighted by Gasteiger charge is -2.52. The summed E-state index contributed by atoms with van der Waals surface area (Å²) >= 11 is 0. The van der Waals surface area contributed by atoms with Crippen LogP contribution in [0.1, 0.15) is 124 Å². The van der Waals surface area contributed by atoms with Crippen LogP contribution in [0.5, 0.6) is 17.2 Å². The molecule has 0 N–H and O–H groups in total. The van der Waals surface area contributed by atoms with E-state index in [4.69, 9.17) is 18.9 Å². The first kappa shape index (κ1) is 44.9. The molecular formula is C65H67NO4. The number of rotatable bonds is 7. The Morgan fingerprint density at radius 2 is 1.27 bits per heavy atom. The molecule has 2 aliphatic carbocycles. The third-order valence-corrected chi connectivity index (χ3v) is 16.7. The largest absolute Gasteiger partial charge is 0.497 e. The molecule has 7 aromatic carbocycles. The Kier molecular flexibility index (Phi) is 11.0. The number of para-hydroxylation sites is 1. The average molecular weight is 926 g/mol. The number of anilines is 2. The van der Waals surface area contributed by atoms with Gasteiger partial charge in [-0.1, -0.05) is 131 Å². The molecule has 3 aliphatic heterocycles. The minimum Gasteiger partial charge on any atom is -0.497 e. The zero-order chi connectivity index (χ0) is 47.8. The fourth-order valence-corrected chi connectivity index (χ4v) is 14.4. The van der Waals surface area contributed by atoms with E-state index in [1.807, 2.05) is 0 Å². The molecule has 5 aliphatic rings. The lowest BCUT2D eigenvalue weighted by Crippen LogP contribution is -2.44. The number of nitrogens with zero attached hydrogens (tertiary/aromatic N) is 1. The van der Waals surface area contributed by atoms with Crippen molar-refractivity contribution < 1.29 is 18.9 Å². The Morgan fingerprint density at radius 3 is 1.99 bits per heavy atom. The average Bonchev–Trinajstić information content (AvgIpc) is 3.96. The van der Waals surface area contributed by atoms with Crippen molar-refractivity contribution in [2.45, 2.75) is 102 Å². The molecule has 7 aromatic rings. The predicted octanol–water partition coefficient (Wildman–Crippen LogP) is 16.1. The first-order valence-corrected chi connectivity index (χ1v) is 26.0. The number of hydrogen-bond donors (Lipinski definition) is 0. The predicted molar refractivity (Wildman–Crippen MR) is 287 cm³/mol. The Labute approximate surface area is 415 Å². The van der Waals surface area contributed by atoms with Gasteiger partial charge in [-0.25, -0.2) is 0 Å². The van der Waals surface area contributed by atoms with Crippen molar-refractivity contribution in [3.8, 4) is 39.5 Å². The molecule has 1 atom stereocenters. The van der Waals surface area contributed by atoms with Gasteiger partial charge in [0, 0.05) is 64.2 Å². The summed E-state index contributed by atoms with van der Waals surface area (Å²) < 4.78 is 25.4. The van der Waals surface area contributed by atoms with E-state index in [1.165, 1.54) is 86.1 Å². The smallest absolute Gasteiger partial charge is 0.178 e. The van der Waals surface area contributed by atoms with Gasteiger partial charge in [0.25, 0.3) is 0 Å². The van der Waals surface area contributed by atoms with E-state index in [1.54, 1.807) is 14.2 Å². The summed E-state index contributed by atoms with van der Waals surface area (Å²) in [4.78, 5) is 2.60. The normalized spacial score (nSPS) is 20.3. The van der Waals surface area contributed by atoms with Crippen LogP contribution >= 0.6 is 0 Å². The van der Waals surface area contributed by atoms with Crippen LogP contribution in [-0.4, -0.2) is 34.0 Å². The van der Waals surface area contributed by atoms with Crippen LogP contribution in [-0.2, 0) is 22.2 Å².